The Morgan fingerprint density at radius 1 is 1.17 bits per heavy atom. The zero-order chi connectivity index (χ0) is 8.55. The second-order valence-corrected chi connectivity index (χ2v) is 2.73. The number of hydrogen-bond acceptors (Lipinski definition) is 2. The molecule has 1 aromatic rings. The van der Waals surface area contributed by atoms with E-state index < -0.39 is 0 Å². The van der Waals surface area contributed by atoms with Gasteiger partial charge in [0.15, 0.2) is 5.78 Å². The maximum atomic E-state index is 10.9. The van der Waals surface area contributed by atoms with Crippen molar-refractivity contribution >= 4 is 11.9 Å². The molecule has 12 heavy (non-hydrogen) atoms. The highest BCUT2D eigenvalue weighted by Crippen LogP contribution is 2.12. The quantitative estimate of drug-likeness (QED) is 0.602. The number of fused-ring (bicyclic) bond motifs is 1. The third kappa shape index (κ3) is 1.09. The van der Waals surface area contributed by atoms with Gasteiger partial charge in [0.1, 0.15) is 0 Å². The van der Waals surface area contributed by atoms with Gasteiger partial charge in [0.25, 0.3) is 0 Å². The van der Waals surface area contributed by atoms with Crippen LogP contribution in [0.3, 0.4) is 0 Å². The number of H-pyrrole nitrogens is 1. The highest BCUT2D eigenvalue weighted by atomic mass is 16.1. The number of carbonyl (C=O) groups is 1. The summed E-state index contributed by atoms with van der Waals surface area (Å²) in [4.78, 5) is 24.4. The van der Waals surface area contributed by atoms with Gasteiger partial charge in [-0.05, 0) is 23.8 Å². The Morgan fingerprint density at radius 3 is 2.83 bits per heavy atom. The Balaban J connectivity index is 2.61. The SMILES string of the molecule is O=C1C=Cc2ccc(=O)[nH]c2C1. The number of aromatic amines is 1. The van der Waals surface area contributed by atoms with Crippen LogP contribution in [-0.2, 0) is 11.2 Å². The fourth-order valence-corrected chi connectivity index (χ4v) is 1.25. The van der Waals surface area contributed by atoms with Gasteiger partial charge >= 0.3 is 0 Å². The zero-order valence-electron chi connectivity index (χ0n) is 6.33. The van der Waals surface area contributed by atoms with Gasteiger partial charge in [-0.15, -0.1) is 0 Å². The number of hydrogen-bond donors (Lipinski definition) is 1. The number of allylic oxidation sites excluding steroid dienone is 1. The molecule has 0 saturated heterocycles. The van der Waals surface area contributed by atoms with Crippen molar-refractivity contribution in [2.45, 2.75) is 6.42 Å². The summed E-state index contributed by atoms with van der Waals surface area (Å²) in [6.45, 7) is 0. The molecule has 2 rings (SSSR count). The molecule has 1 aliphatic carbocycles. The van der Waals surface area contributed by atoms with Gasteiger partial charge in [-0.3, -0.25) is 9.59 Å². The van der Waals surface area contributed by atoms with Crippen LogP contribution >= 0.6 is 0 Å². The van der Waals surface area contributed by atoms with Crippen LogP contribution in [0.25, 0.3) is 6.08 Å². The molecule has 1 aliphatic rings. The maximum Gasteiger partial charge on any atom is 0.248 e. The average Bonchev–Trinajstić information content (AvgIpc) is 2.03. The Kier molecular flexibility index (Phi) is 1.43. The van der Waals surface area contributed by atoms with Gasteiger partial charge in [-0.25, -0.2) is 0 Å². The second-order valence-electron chi connectivity index (χ2n) is 2.73. The van der Waals surface area contributed by atoms with Gasteiger partial charge in [0.2, 0.25) is 5.56 Å². The number of ketones is 1. The summed E-state index contributed by atoms with van der Waals surface area (Å²) in [6, 6.07) is 3.18. The normalized spacial score (nSPS) is 14.5. The van der Waals surface area contributed by atoms with Crippen molar-refractivity contribution in [3.05, 3.63) is 39.8 Å². The minimum Gasteiger partial charge on any atom is -0.325 e. The van der Waals surface area contributed by atoms with Crippen LogP contribution in [0.1, 0.15) is 11.3 Å². The number of rotatable bonds is 0. The number of carbonyl (C=O) groups excluding carboxylic acids is 1. The second kappa shape index (κ2) is 2.44. The first kappa shape index (κ1) is 7.03. The highest BCUT2D eigenvalue weighted by molar-refractivity contribution is 5.97. The largest absolute Gasteiger partial charge is 0.325 e. The van der Waals surface area contributed by atoms with Crippen LogP contribution in [0, 0.1) is 0 Å². The first-order chi connectivity index (χ1) is 5.75. The standard InChI is InChI=1S/C9H7NO2/c11-7-3-1-6-2-4-9(12)10-8(6)5-7/h1-4H,5H2,(H,10,12). The molecule has 1 aromatic heterocycles. The van der Waals surface area contributed by atoms with Gasteiger partial charge in [0.05, 0.1) is 6.42 Å². The minimum atomic E-state index is -0.156. The van der Waals surface area contributed by atoms with Crippen LogP contribution in [0.2, 0.25) is 0 Å². The van der Waals surface area contributed by atoms with Gasteiger partial charge in [0, 0.05) is 11.8 Å². The van der Waals surface area contributed by atoms with E-state index in [1.54, 1.807) is 12.1 Å². The lowest BCUT2D eigenvalue weighted by atomic mass is 10.0. The van der Waals surface area contributed by atoms with E-state index in [1.165, 1.54) is 12.1 Å². The molecule has 3 heteroatoms. The summed E-state index contributed by atoms with van der Waals surface area (Å²) in [5.41, 5.74) is 1.49. The Labute approximate surface area is 68.7 Å². The molecule has 1 N–H and O–H groups in total. The van der Waals surface area contributed by atoms with Gasteiger partial charge in [-0.2, -0.15) is 0 Å². The van der Waals surface area contributed by atoms with Gasteiger partial charge < -0.3 is 4.98 Å². The lowest BCUT2D eigenvalue weighted by Crippen LogP contribution is -2.14. The molecule has 0 saturated carbocycles. The number of pyridine rings is 1. The molecule has 1 heterocycles. The van der Waals surface area contributed by atoms with Crippen molar-refractivity contribution < 1.29 is 4.79 Å². The molecule has 0 atom stereocenters. The molecular formula is C9H7NO2. The van der Waals surface area contributed by atoms with E-state index in [4.69, 9.17) is 0 Å². The van der Waals surface area contributed by atoms with E-state index >= 15 is 0 Å². The van der Waals surface area contributed by atoms with E-state index in [9.17, 15) is 9.59 Å². The van der Waals surface area contributed by atoms with Crippen LogP contribution in [0.4, 0.5) is 0 Å². The monoisotopic (exact) mass is 161 g/mol. The molecular weight excluding hydrogens is 154 g/mol. The van der Waals surface area contributed by atoms with Crippen molar-refractivity contribution in [1.82, 2.24) is 4.98 Å². The van der Waals surface area contributed by atoms with E-state index in [2.05, 4.69) is 4.98 Å². The van der Waals surface area contributed by atoms with E-state index in [1.807, 2.05) is 0 Å². The molecule has 0 radical (unpaired) electrons. The lowest BCUT2D eigenvalue weighted by Gasteiger charge is -2.07. The first-order valence-corrected chi connectivity index (χ1v) is 3.69. The fourth-order valence-electron chi connectivity index (χ4n) is 1.25. The predicted octanol–water partition coefficient (Wildman–Crippen LogP) is 0.513. The Hall–Kier alpha value is -1.64. The van der Waals surface area contributed by atoms with Crippen molar-refractivity contribution in [2.24, 2.45) is 0 Å². The minimum absolute atomic E-state index is 0.0318. The summed E-state index contributed by atoms with van der Waals surface area (Å²) in [5.74, 6) is 0.0318. The molecule has 3 nitrogen and oxygen atoms in total. The van der Waals surface area contributed by atoms with E-state index in [0.29, 0.717) is 6.42 Å². The molecule has 0 aliphatic heterocycles. The van der Waals surface area contributed by atoms with Gasteiger partial charge in [-0.1, -0.05) is 0 Å². The molecule has 0 bridgehead atoms. The highest BCUT2D eigenvalue weighted by Gasteiger charge is 2.09. The molecule has 0 aromatic carbocycles. The third-order valence-corrected chi connectivity index (χ3v) is 1.84. The van der Waals surface area contributed by atoms with Crippen molar-refractivity contribution in [3.8, 4) is 0 Å². The van der Waals surface area contributed by atoms with Crippen molar-refractivity contribution in [3.63, 3.8) is 0 Å². The molecule has 0 spiro atoms. The zero-order valence-corrected chi connectivity index (χ0v) is 6.33. The Bertz CT molecular complexity index is 415. The van der Waals surface area contributed by atoms with E-state index in [0.717, 1.165) is 11.3 Å². The molecule has 60 valence electrons. The summed E-state index contributed by atoms with van der Waals surface area (Å²) >= 11 is 0. The summed E-state index contributed by atoms with van der Waals surface area (Å²) in [5, 5.41) is 0. The maximum absolute atomic E-state index is 10.9. The van der Waals surface area contributed by atoms with Crippen LogP contribution in [-0.4, -0.2) is 10.8 Å². The van der Waals surface area contributed by atoms with Crippen LogP contribution in [0.15, 0.2) is 23.0 Å². The van der Waals surface area contributed by atoms with Crippen molar-refractivity contribution in [1.29, 1.82) is 0 Å². The predicted molar refractivity (Wildman–Crippen MR) is 44.8 cm³/mol. The summed E-state index contributed by atoms with van der Waals surface area (Å²) in [7, 11) is 0. The van der Waals surface area contributed by atoms with Crippen LogP contribution in [0.5, 0.6) is 0 Å². The summed E-state index contributed by atoms with van der Waals surface area (Å²) in [6.07, 6.45) is 3.56. The first-order valence-electron chi connectivity index (χ1n) is 3.69. The molecule has 0 unspecified atom stereocenters. The lowest BCUT2D eigenvalue weighted by molar-refractivity contribution is -0.114. The van der Waals surface area contributed by atoms with Crippen LogP contribution < -0.4 is 5.56 Å². The average molecular weight is 161 g/mol. The van der Waals surface area contributed by atoms with E-state index in [-0.39, 0.29) is 11.3 Å². The fraction of sp³-hybridized carbons (Fsp3) is 0.111. The number of aromatic nitrogens is 1. The van der Waals surface area contributed by atoms with Crippen molar-refractivity contribution in [2.75, 3.05) is 0 Å². The summed E-state index contributed by atoms with van der Waals surface area (Å²) < 4.78 is 0. The number of nitrogens with one attached hydrogen (secondary N) is 1. The third-order valence-electron chi connectivity index (χ3n) is 1.84. The Morgan fingerprint density at radius 2 is 2.00 bits per heavy atom. The topological polar surface area (TPSA) is 49.9 Å². The molecule has 0 amide bonds. The smallest absolute Gasteiger partial charge is 0.248 e. The molecule has 0 fully saturated rings.